The summed E-state index contributed by atoms with van der Waals surface area (Å²) < 4.78 is 0. The van der Waals surface area contributed by atoms with E-state index in [1.807, 2.05) is 39.0 Å². The van der Waals surface area contributed by atoms with Crippen molar-refractivity contribution in [3.63, 3.8) is 0 Å². The first-order chi connectivity index (χ1) is 9.74. The van der Waals surface area contributed by atoms with Crippen LogP contribution in [-0.2, 0) is 16.1 Å². The number of hydroxylamine groups is 2. The number of hydrogen-bond acceptors (Lipinski definition) is 3. The number of carbonyl (C=O) groups excluding carboxylic acids is 2. The summed E-state index contributed by atoms with van der Waals surface area (Å²) in [7, 11) is 3.02. The predicted molar refractivity (Wildman–Crippen MR) is 81.8 cm³/mol. The molecule has 1 N–H and O–H groups in total. The summed E-state index contributed by atoms with van der Waals surface area (Å²) in [5, 5.41) is 4.13. The van der Waals surface area contributed by atoms with Crippen molar-refractivity contribution in [3.05, 3.63) is 35.4 Å². The van der Waals surface area contributed by atoms with E-state index in [9.17, 15) is 9.59 Å². The van der Waals surface area contributed by atoms with Crippen LogP contribution in [0.4, 0.5) is 0 Å². The second-order valence-electron chi connectivity index (χ2n) is 5.94. The Morgan fingerprint density at radius 2 is 1.86 bits per heavy atom. The van der Waals surface area contributed by atoms with E-state index in [1.165, 1.54) is 12.2 Å². The van der Waals surface area contributed by atoms with E-state index in [1.54, 1.807) is 13.1 Å². The number of aryl methyl sites for hydroxylation is 1. The Hall–Kier alpha value is -1.88. The van der Waals surface area contributed by atoms with E-state index in [-0.39, 0.29) is 17.4 Å². The molecule has 0 bridgehead atoms. The van der Waals surface area contributed by atoms with Crippen LogP contribution in [0.3, 0.4) is 0 Å². The number of benzene rings is 1. The number of amides is 2. The number of carbonyl (C=O) groups is 2. The number of nitrogens with one attached hydrogen (secondary N) is 1. The smallest absolute Gasteiger partial charge is 0.251 e. The second kappa shape index (κ2) is 7.22. The molecule has 0 aromatic heterocycles. The lowest BCUT2D eigenvalue weighted by molar-refractivity contribution is -0.168. The molecule has 0 spiro atoms. The molecule has 0 aliphatic rings. The normalized spacial score (nSPS) is 11.1. The molecular weight excluding hydrogens is 268 g/mol. The van der Waals surface area contributed by atoms with Gasteiger partial charge in [-0.05, 0) is 38.8 Å². The molecule has 5 nitrogen and oxygen atoms in total. The fourth-order valence-electron chi connectivity index (χ4n) is 1.87. The van der Waals surface area contributed by atoms with Crippen molar-refractivity contribution in [1.82, 2.24) is 10.4 Å². The lowest BCUT2D eigenvalue weighted by atomic mass is 10.0. The zero-order valence-corrected chi connectivity index (χ0v) is 13.4. The first kappa shape index (κ1) is 17.2. The number of nitrogens with zero attached hydrogens (tertiary/aromatic N) is 1. The van der Waals surface area contributed by atoms with Crippen molar-refractivity contribution in [1.29, 1.82) is 0 Å². The van der Waals surface area contributed by atoms with Gasteiger partial charge in [0.15, 0.2) is 0 Å². The van der Waals surface area contributed by atoms with Crippen LogP contribution in [-0.4, -0.2) is 36.6 Å². The molecule has 1 aromatic rings. The summed E-state index contributed by atoms with van der Waals surface area (Å²) in [6.07, 6.45) is 0.796. The molecule has 21 heavy (non-hydrogen) atoms. The second-order valence-corrected chi connectivity index (χ2v) is 5.94. The highest BCUT2D eigenvalue weighted by Crippen LogP contribution is 2.13. The maximum Gasteiger partial charge on any atom is 0.251 e. The SMILES string of the molecule is CON(C)C(=O)CCc1ccccc1C(=O)NC(C)(C)C. The van der Waals surface area contributed by atoms with Gasteiger partial charge in [-0.15, -0.1) is 0 Å². The van der Waals surface area contributed by atoms with Crippen molar-refractivity contribution >= 4 is 11.8 Å². The molecule has 0 unspecified atom stereocenters. The van der Waals surface area contributed by atoms with Gasteiger partial charge in [-0.2, -0.15) is 0 Å². The number of rotatable bonds is 5. The Bertz CT molecular complexity index is 506. The molecule has 116 valence electrons. The highest BCUT2D eigenvalue weighted by molar-refractivity contribution is 5.96. The lowest BCUT2D eigenvalue weighted by Crippen LogP contribution is -2.41. The Balaban J connectivity index is 2.80. The fourth-order valence-corrected chi connectivity index (χ4v) is 1.87. The first-order valence-electron chi connectivity index (χ1n) is 6.95. The molecular formula is C16H24N2O3. The van der Waals surface area contributed by atoms with E-state index in [4.69, 9.17) is 4.84 Å². The minimum atomic E-state index is -0.295. The van der Waals surface area contributed by atoms with E-state index in [0.717, 1.165) is 5.56 Å². The van der Waals surface area contributed by atoms with Crippen LogP contribution < -0.4 is 5.32 Å². The van der Waals surface area contributed by atoms with Gasteiger partial charge in [0.2, 0.25) is 5.91 Å². The van der Waals surface area contributed by atoms with Crippen molar-refractivity contribution < 1.29 is 14.4 Å². The molecule has 5 heteroatoms. The third kappa shape index (κ3) is 5.55. The largest absolute Gasteiger partial charge is 0.347 e. The maximum absolute atomic E-state index is 12.3. The van der Waals surface area contributed by atoms with E-state index < -0.39 is 0 Å². The molecule has 1 aromatic carbocycles. The molecule has 0 saturated carbocycles. The molecule has 1 rings (SSSR count). The molecule has 0 saturated heterocycles. The fraction of sp³-hybridized carbons (Fsp3) is 0.500. The summed E-state index contributed by atoms with van der Waals surface area (Å²) >= 11 is 0. The van der Waals surface area contributed by atoms with Crippen molar-refractivity contribution in [3.8, 4) is 0 Å². The quantitative estimate of drug-likeness (QED) is 0.846. The zero-order chi connectivity index (χ0) is 16.0. The summed E-state index contributed by atoms with van der Waals surface area (Å²) in [4.78, 5) is 28.9. The van der Waals surface area contributed by atoms with Crippen LogP contribution in [0.5, 0.6) is 0 Å². The Labute approximate surface area is 126 Å². The number of hydrogen-bond donors (Lipinski definition) is 1. The predicted octanol–water partition coefficient (Wildman–Crippen LogP) is 2.17. The Kier molecular flexibility index (Phi) is 5.90. The van der Waals surface area contributed by atoms with Crippen LogP contribution in [0.1, 0.15) is 43.1 Å². The molecule has 2 amide bonds. The topological polar surface area (TPSA) is 58.6 Å². The van der Waals surface area contributed by atoms with Gasteiger partial charge in [-0.25, -0.2) is 5.06 Å². The third-order valence-electron chi connectivity index (χ3n) is 2.98. The molecule has 0 aliphatic heterocycles. The highest BCUT2D eigenvalue weighted by atomic mass is 16.7. The molecule has 0 atom stereocenters. The van der Waals surface area contributed by atoms with Crippen molar-refractivity contribution in [2.24, 2.45) is 0 Å². The Morgan fingerprint density at radius 3 is 2.43 bits per heavy atom. The van der Waals surface area contributed by atoms with E-state index >= 15 is 0 Å². The molecule has 0 aliphatic carbocycles. The maximum atomic E-state index is 12.3. The average molecular weight is 292 g/mol. The monoisotopic (exact) mass is 292 g/mol. The van der Waals surface area contributed by atoms with E-state index in [0.29, 0.717) is 18.4 Å². The van der Waals surface area contributed by atoms with Gasteiger partial charge >= 0.3 is 0 Å². The Morgan fingerprint density at radius 1 is 1.24 bits per heavy atom. The molecule has 0 radical (unpaired) electrons. The van der Waals surface area contributed by atoms with Crippen LogP contribution in [0.15, 0.2) is 24.3 Å². The van der Waals surface area contributed by atoms with Gasteiger partial charge in [0.25, 0.3) is 5.91 Å². The zero-order valence-electron chi connectivity index (χ0n) is 13.4. The van der Waals surface area contributed by atoms with Crippen molar-refractivity contribution in [2.75, 3.05) is 14.2 Å². The van der Waals surface area contributed by atoms with Crippen LogP contribution in [0.25, 0.3) is 0 Å². The highest BCUT2D eigenvalue weighted by Gasteiger charge is 2.18. The summed E-state index contributed by atoms with van der Waals surface area (Å²) in [6.45, 7) is 5.81. The van der Waals surface area contributed by atoms with Gasteiger partial charge in [0, 0.05) is 24.6 Å². The van der Waals surface area contributed by atoms with Crippen LogP contribution >= 0.6 is 0 Å². The summed E-state index contributed by atoms with van der Waals surface area (Å²) in [5.74, 6) is -0.242. The standard InChI is InChI=1S/C16H24N2O3/c1-16(2,3)17-15(20)13-9-7-6-8-12(13)10-11-14(19)18(4)21-5/h6-9H,10-11H2,1-5H3,(H,17,20). The minimum Gasteiger partial charge on any atom is -0.347 e. The van der Waals surface area contributed by atoms with E-state index in [2.05, 4.69) is 5.32 Å². The third-order valence-corrected chi connectivity index (χ3v) is 2.98. The lowest BCUT2D eigenvalue weighted by Gasteiger charge is -2.21. The van der Waals surface area contributed by atoms with Crippen molar-refractivity contribution in [2.45, 2.75) is 39.2 Å². The molecule has 0 heterocycles. The molecule has 0 fully saturated rings. The van der Waals surface area contributed by atoms with Gasteiger partial charge in [0.05, 0.1) is 7.11 Å². The minimum absolute atomic E-state index is 0.120. The van der Waals surface area contributed by atoms with Crippen LogP contribution in [0, 0.1) is 0 Å². The summed E-state index contributed by atoms with van der Waals surface area (Å²) in [6, 6.07) is 7.34. The van der Waals surface area contributed by atoms with Crippen LogP contribution in [0.2, 0.25) is 0 Å². The van der Waals surface area contributed by atoms with Gasteiger partial charge < -0.3 is 5.32 Å². The van der Waals surface area contributed by atoms with Gasteiger partial charge in [0.1, 0.15) is 0 Å². The summed E-state index contributed by atoms with van der Waals surface area (Å²) in [5.41, 5.74) is 1.17. The van der Waals surface area contributed by atoms with Gasteiger partial charge in [-0.1, -0.05) is 18.2 Å². The van der Waals surface area contributed by atoms with Gasteiger partial charge in [-0.3, -0.25) is 14.4 Å². The first-order valence-corrected chi connectivity index (χ1v) is 6.95. The average Bonchev–Trinajstić information content (AvgIpc) is 2.42.